The average Bonchev–Trinajstić information content (AvgIpc) is 2.70. The summed E-state index contributed by atoms with van der Waals surface area (Å²) in [7, 11) is 0. The molecule has 1 aliphatic carbocycles. The fourth-order valence-electron chi connectivity index (χ4n) is 2.12. The van der Waals surface area contributed by atoms with E-state index < -0.39 is 0 Å². The molecule has 0 aliphatic heterocycles. The maximum absolute atomic E-state index is 11.4. The quantitative estimate of drug-likeness (QED) is 0.731. The number of hydrogen-bond acceptors (Lipinski definition) is 2. The van der Waals surface area contributed by atoms with Gasteiger partial charge in [0.05, 0.1) is 6.10 Å². The lowest BCUT2D eigenvalue weighted by molar-refractivity contribution is -0.127. The number of halogens is 1. The average molecular weight is 248 g/mol. The molecule has 16 heavy (non-hydrogen) atoms. The van der Waals surface area contributed by atoms with Crippen LogP contribution in [0.15, 0.2) is 0 Å². The van der Waals surface area contributed by atoms with Gasteiger partial charge >= 0.3 is 0 Å². The van der Waals surface area contributed by atoms with Crippen LogP contribution in [-0.4, -0.2) is 31.0 Å². The Labute approximate surface area is 103 Å². The summed E-state index contributed by atoms with van der Waals surface area (Å²) in [6.45, 7) is 4.76. The predicted molar refractivity (Wildman–Crippen MR) is 65.6 cm³/mol. The highest BCUT2D eigenvalue weighted by molar-refractivity contribution is 6.18. The van der Waals surface area contributed by atoms with E-state index in [1.807, 2.05) is 13.8 Å². The Bertz CT molecular complexity index is 221. The van der Waals surface area contributed by atoms with Crippen molar-refractivity contribution in [1.82, 2.24) is 5.32 Å². The van der Waals surface area contributed by atoms with E-state index in [0.717, 1.165) is 6.54 Å². The van der Waals surface area contributed by atoms with E-state index in [0.29, 0.717) is 17.7 Å². The number of carbonyl (C=O) groups is 1. The molecule has 3 nitrogen and oxygen atoms in total. The molecule has 1 rings (SSSR count). The lowest BCUT2D eigenvalue weighted by Crippen LogP contribution is -2.34. The maximum atomic E-state index is 11.4. The van der Waals surface area contributed by atoms with E-state index in [9.17, 15) is 4.79 Å². The molecule has 0 spiro atoms. The van der Waals surface area contributed by atoms with Crippen LogP contribution in [0.4, 0.5) is 0 Å². The predicted octanol–water partition coefficient (Wildman–Crippen LogP) is 2.18. The zero-order valence-electron chi connectivity index (χ0n) is 10.2. The van der Waals surface area contributed by atoms with Gasteiger partial charge in [-0.1, -0.05) is 6.42 Å². The van der Waals surface area contributed by atoms with Gasteiger partial charge in [-0.15, -0.1) is 11.6 Å². The normalized spacial score (nSPS) is 25.0. The number of carbonyl (C=O) groups excluding carboxylic acids is 1. The summed E-state index contributed by atoms with van der Waals surface area (Å²) in [4.78, 5) is 11.4. The Balaban J connectivity index is 2.16. The fourth-order valence-corrected chi connectivity index (χ4v) is 2.53. The van der Waals surface area contributed by atoms with Crippen molar-refractivity contribution in [2.45, 2.75) is 39.2 Å². The minimum atomic E-state index is -0.0195. The molecular weight excluding hydrogens is 226 g/mol. The molecule has 1 aliphatic rings. The number of rotatable bonds is 6. The van der Waals surface area contributed by atoms with Crippen LogP contribution in [0.25, 0.3) is 0 Å². The van der Waals surface area contributed by atoms with Crippen molar-refractivity contribution in [1.29, 1.82) is 0 Å². The largest absolute Gasteiger partial charge is 0.369 e. The monoisotopic (exact) mass is 247 g/mol. The van der Waals surface area contributed by atoms with E-state index in [4.69, 9.17) is 16.3 Å². The van der Waals surface area contributed by atoms with Crippen LogP contribution >= 0.6 is 11.6 Å². The van der Waals surface area contributed by atoms with Crippen molar-refractivity contribution < 1.29 is 9.53 Å². The van der Waals surface area contributed by atoms with Gasteiger partial charge in [0.25, 0.3) is 0 Å². The van der Waals surface area contributed by atoms with Gasteiger partial charge in [-0.2, -0.15) is 0 Å². The number of amides is 1. The molecule has 1 N–H and O–H groups in total. The Kier molecular flexibility index (Phi) is 6.14. The standard InChI is InChI=1S/C12H22ClNO2/c1-9(2)16-8-12(15)14-7-11-5-3-4-10(11)6-13/h9-11H,3-8H2,1-2H3,(H,14,15). The molecule has 2 unspecified atom stereocenters. The third-order valence-electron chi connectivity index (χ3n) is 3.12. The Morgan fingerprint density at radius 1 is 1.44 bits per heavy atom. The minimum Gasteiger partial charge on any atom is -0.369 e. The first-order valence-electron chi connectivity index (χ1n) is 6.07. The Hall–Kier alpha value is -0.280. The molecular formula is C12H22ClNO2. The molecule has 1 fully saturated rings. The smallest absolute Gasteiger partial charge is 0.246 e. The van der Waals surface area contributed by atoms with Gasteiger partial charge in [0.1, 0.15) is 6.61 Å². The van der Waals surface area contributed by atoms with Crippen LogP contribution in [0.2, 0.25) is 0 Å². The summed E-state index contributed by atoms with van der Waals surface area (Å²) in [6, 6.07) is 0. The van der Waals surface area contributed by atoms with Crippen molar-refractivity contribution in [3.8, 4) is 0 Å². The van der Waals surface area contributed by atoms with Crippen molar-refractivity contribution in [3.63, 3.8) is 0 Å². The second-order valence-corrected chi connectivity index (χ2v) is 5.08. The molecule has 0 aromatic rings. The number of nitrogens with one attached hydrogen (secondary N) is 1. The van der Waals surface area contributed by atoms with E-state index >= 15 is 0 Å². The summed E-state index contributed by atoms with van der Waals surface area (Å²) in [5.74, 6) is 1.82. The third-order valence-corrected chi connectivity index (χ3v) is 3.52. The molecule has 0 aromatic carbocycles. The summed E-state index contributed by atoms with van der Waals surface area (Å²) >= 11 is 5.88. The first-order chi connectivity index (χ1) is 7.63. The van der Waals surface area contributed by atoms with Crippen LogP contribution in [0.3, 0.4) is 0 Å². The zero-order chi connectivity index (χ0) is 12.0. The molecule has 4 heteroatoms. The highest BCUT2D eigenvalue weighted by Gasteiger charge is 2.26. The molecule has 0 radical (unpaired) electrons. The van der Waals surface area contributed by atoms with Crippen LogP contribution in [0, 0.1) is 11.8 Å². The second-order valence-electron chi connectivity index (χ2n) is 4.77. The molecule has 94 valence electrons. The molecule has 1 amide bonds. The van der Waals surface area contributed by atoms with Crippen molar-refractivity contribution in [2.24, 2.45) is 11.8 Å². The summed E-state index contributed by atoms with van der Waals surface area (Å²) < 4.78 is 5.23. The Morgan fingerprint density at radius 3 is 2.75 bits per heavy atom. The van der Waals surface area contributed by atoms with E-state index in [2.05, 4.69) is 5.32 Å². The van der Waals surface area contributed by atoms with Gasteiger partial charge in [-0.05, 0) is 38.5 Å². The van der Waals surface area contributed by atoms with Crippen LogP contribution in [0.5, 0.6) is 0 Å². The van der Waals surface area contributed by atoms with Crippen molar-refractivity contribution in [2.75, 3.05) is 19.0 Å². The molecule has 0 bridgehead atoms. The second kappa shape index (κ2) is 7.13. The van der Waals surface area contributed by atoms with Gasteiger partial charge in [0, 0.05) is 12.4 Å². The highest BCUT2D eigenvalue weighted by Crippen LogP contribution is 2.31. The highest BCUT2D eigenvalue weighted by atomic mass is 35.5. The number of ether oxygens (including phenoxy) is 1. The van der Waals surface area contributed by atoms with Crippen molar-refractivity contribution >= 4 is 17.5 Å². The lowest BCUT2D eigenvalue weighted by Gasteiger charge is -2.17. The number of alkyl halides is 1. The maximum Gasteiger partial charge on any atom is 0.246 e. The van der Waals surface area contributed by atoms with Crippen molar-refractivity contribution in [3.05, 3.63) is 0 Å². The van der Waals surface area contributed by atoms with Gasteiger partial charge < -0.3 is 10.1 Å². The topological polar surface area (TPSA) is 38.3 Å². The first kappa shape index (κ1) is 13.8. The molecule has 1 saturated carbocycles. The lowest BCUT2D eigenvalue weighted by atomic mass is 9.98. The van der Waals surface area contributed by atoms with Gasteiger partial charge in [0.2, 0.25) is 5.91 Å². The van der Waals surface area contributed by atoms with E-state index in [-0.39, 0.29) is 18.6 Å². The fraction of sp³-hybridized carbons (Fsp3) is 0.917. The van der Waals surface area contributed by atoms with Crippen LogP contribution in [0.1, 0.15) is 33.1 Å². The van der Waals surface area contributed by atoms with E-state index in [1.54, 1.807) is 0 Å². The van der Waals surface area contributed by atoms with Crippen LogP contribution in [-0.2, 0) is 9.53 Å². The first-order valence-corrected chi connectivity index (χ1v) is 6.61. The summed E-state index contributed by atoms with van der Waals surface area (Å²) in [5.41, 5.74) is 0. The van der Waals surface area contributed by atoms with Gasteiger partial charge in [0.15, 0.2) is 0 Å². The molecule has 0 saturated heterocycles. The van der Waals surface area contributed by atoms with E-state index in [1.165, 1.54) is 19.3 Å². The SMILES string of the molecule is CC(C)OCC(=O)NCC1CCCC1CCl. The van der Waals surface area contributed by atoms with Gasteiger partial charge in [-0.3, -0.25) is 4.79 Å². The minimum absolute atomic E-state index is 0.0195. The molecule has 2 atom stereocenters. The van der Waals surface area contributed by atoms with Gasteiger partial charge in [-0.25, -0.2) is 0 Å². The molecule has 0 aromatic heterocycles. The summed E-state index contributed by atoms with van der Waals surface area (Å²) in [5, 5.41) is 2.92. The molecule has 0 heterocycles. The number of hydrogen-bond donors (Lipinski definition) is 1. The third kappa shape index (κ3) is 4.71. The summed E-state index contributed by atoms with van der Waals surface area (Å²) in [6.07, 6.45) is 3.73. The van der Waals surface area contributed by atoms with Crippen LogP contribution < -0.4 is 5.32 Å². The zero-order valence-corrected chi connectivity index (χ0v) is 10.9. The Morgan fingerprint density at radius 2 is 2.12 bits per heavy atom.